The van der Waals surface area contributed by atoms with Gasteiger partial charge in [-0.1, -0.05) is 70.0 Å². The summed E-state index contributed by atoms with van der Waals surface area (Å²) in [7, 11) is -4.95. The molecular weight excluding hydrogens is 683 g/mol. The first-order valence-corrected chi connectivity index (χ1v) is 15.9. The van der Waals surface area contributed by atoms with Crippen LogP contribution in [0.25, 0.3) is 0 Å². The van der Waals surface area contributed by atoms with Gasteiger partial charge in [0.1, 0.15) is 5.60 Å². The average Bonchev–Trinajstić information content (AvgIpc) is 3.51. The van der Waals surface area contributed by atoms with Gasteiger partial charge in [-0.2, -0.15) is 4.31 Å². The lowest BCUT2D eigenvalue weighted by atomic mass is 9.87. The molecule has 0 saturated carbocycles. The lowest BCUT2D eigenvalue weighted by Crippen LogP contribution is -2.60. The standard InChI is InChI=1S/C16H13BrN2O5S.C12H15BrO.CH3F/c17-12-5-6-13-11(7-12)8-24-16(13)9-18(10-16)25(22,23)15-4-2-1-3-14(15)19(20)21;1-3-12(4-2)11-6-5-10(13)7-9(11)8-14-12;1-2/h1-7H,8-10H2;5-7H,3-4,8H2,1-2H3;1H3/i;;1D. The van der Waals surface area contributed by atoms with Crippen molar-refractivity contribution >= 4 is 47.6 Å². The Hall–Kier alpha value is -2.22. The number of alkyl halides is 1. The van der Waals surface area contributed by atoms with Crippen molar-refractivity contribution in [2.45, 2.75) is 56.0 Å². The number of sulfonamides is 1. The van der Waals surface area contributed by atoms with Gasteiger partial charge >= 0.3 is 0 Å². The van der Waals surface area contributed by atoms with E-state index in [-0.39, 0.29) is 23.6 Å². The van der Waals surface area contributed by atoms with Crippen LogP contribution in [-0.2, 0) is 43.9 Å². The molecule has 12 heteroatoms. The fourth-order valence-corrected chi connectivity index (χ4v) is 8.10. The second-order valence-electron chi connectivity index (χ2n) is 9.87. The van der Waals surface area contributed by atoms with Gasteiger partial charge in [-0.05, 0) is 65.4 Å². The van der Waals surface area contributed by atoms with Crippen molar-refractivity contribution < 1.29 is 28.6 Å². The van der Waals surface area contributed by atoms with Crippen LogP contribution in [0.15, 0.2) is 74.5 Å². The zero-order valence-corrected chi connectivity index (χ0v) is 26.6. The molecule has 0 N–H and O–H groups in total. The first kappa shape index (κ1) is 30.2. The molecule has 3 heterocycles. The molecule has 0 unspecified atom stereocenters. The molecule has 3 aromatic rings. The molecule has 41 heavy (non-hydrogen) atoms. The predicted molar refractivity (Wildman–Crippen MR) is 161 cm³/mol. The second kappa shape index (κ2) is 12.6. The normalized spacial score (nSPS) is 18.1. The van der Waals surface area contributed by atoms with E-state index in [1.54, 1.807) is 0 Å². The van der Waals surface area contributed by atoms with Gasteiger partial charge in [0.15, 0.2) is 4.90 Å². The summed E-state index contributed by atoms with van der Waals surface area (Å²) in [6, 6.07) is 17.6. The quantitative estimate of drug-likeness (QED) is 0.202. The van der Waals surface area contributed by atoms with Crippen molar-refractivity contribution in [3.05, 3.63) is 102 Å². The van der Waals surface area contributed by atoms with Gasteiger partial charge < -0.3 is 9.47 Å². The zero-order valence-electron chi connectivity index (χ0n) is 23.6. The number of hydrogen-bond acceptors (Lipinski definition) is 6. The van der Waals surface area contributed by atoms with E-state index in [0.29, 0.717) is 6.61 Å². The third kappa shape index (κ3) is 5.87. The maximum Gasteiger partial charge on any atom is 0.289 e. The van der Waals surface area contributed by atoms with Gasteiger partial charge in [0, 0.05) is 28.1 Å². The molecule has 1 spiro atoms. The maximum atomic E-state index is 12.8. The topological polar surface area (TPSA) is 99.0 Å². The molecule has 1 saturated heterocycles. The van der Waals surface area contributed by atoms with Crippen molar-refractivity contribution in [2.75, 3.05) is 20.2 Å². The van der Waals surface area contributed by atoms with Gasteiger partial charge in [0.05, 0.1) is 32.3 Å². The molecule has 1 fully saturated rings. The van der Waals surface area contributed by atoms with Crippen LogP contribution in [0.5, 0.6) is 0 Å². The molecule has 0 bridgehead atoms. The third-order valence-electron chi connectivity index (χ3n) is 7.81. The number of benzene rings is 3. The monoisotopic (exact) mass is 713 g/mol. The van der Waals surface area contributed by atoms with Crippen LogP contribution in [0, 0.1) is 10.1 Å². The van der Waals surface area contributed by atoms with Crippen molar-refractivity contribution in [3.8, 4) is 0 Å². The van der Waals surface area contributed by atoms with E-state index in [0.717, 1.165) is 39.5 Å². The van der Waals surface area contributed by atoms with Gasteiger partial charge in [-0.15, -0.1) is 0 Å². The van der Waals surface area contributed by atoms with E-state index in [1.807, 2.05) is 18.2 Å². The molecule has 0 radical (unpaired) electrons. The highest BCUT2D eigenvalue weighted by Gasteiger charge is 2.54. The maximum absolute atomic E-state index is 12.8. The highest BCUT2D eigenvalue weighted by Crippen LogP contribution is 2.46. The zero-order chi connectivity index (χ0) is 30.7. The Kier molecular flexibility index (Phi) is 9.27. The summed E-state index contributed by atoms with van der Waals surface area (Å²) < 4.78 is 56.2. The van der Waals surface area contributed by atoms with E-state index in [4.69, 9.17) is 10.8 Å². The summed E-state index contributed by atoms with van der Waals surface area (Å²) in [4.78, 5) is 10.2. The van der Waals surface area contributed by atoms with Crippen molar-refractivity contribution in [1.82, 2.24) is 4.31 Å². The lowest BCUT2D eigenvalue weighted by Gasteiger charge is -2.46. The molecule has 6 rings (SSSR count). The van der Waals surface area contributed by atoms with Crippen molar-refractivity contribution in [3.63, 3.8) is 0 Å². The SMILES string of the molecule is CCC1(CC)OCc2cc(Br)ccc21.O=[N+]([O-])c1ccccc1S(=O)(=O)N1CC2(C1)OCc1cc(Br)ccc12.[2H]CF. The van der Waals surface area contributed by atoms with E-state index in [9.17, 15) is 22.9 Å². The minimum atomic E-state index is -3.95. The Morgan fingerprint density at radius 1 is 0.976 bits per heavy atom. The van der Waals surface area contributed by atoms with Crippen LogP contribution in [0.2, 0.25) is 0 Å². The summed E-state index contributed by atoms with van der Waals surface area (Å²) in [6.45, 7) is 5.87. The second-order valence-corrected chi connectivity index (χ2v) is 13.6. The van der Waals surface area contributed by atoms with Gasteiger partial charge in [0.2, 0.25) is 10.0 Å². The fraction of sp³-hybridized carbons (Fsp3) is 0.379. The Labute approximate surface area is 257 Å². The summed E-state index contributed by atoms with van der Waals surface area (Å²) in [6.07, 6.45) is 2.11. The van der Waals surface area contributed by atoms with Crippen LogP contribution in [0.3, 0.4) is 0 Å². The lowest BCUT2D eigenvalue weighted by molar-refractivity contribution is -0.387. The number of fused-ring (bicyclic) bond motifs is 3. The minimum Gasteiger partial charge on any atom is -0.366 e. The molecule has 0 amide bonds. The summed E-state index contributed by atoms with van der Waals surface area (Å²) in [5.41, 5.74) is 3.62. The van der Waals surface area contributed by atoms with Crippen LogP contribution >= 0.6 is 31.9 Å². The van der Waals surface area contributed by atoms with Crippen LogP contribution in [0.1, 0.15) is 50.3 Å². The smallest absolute Gasteiger partial charge is 0.289 e. The average molecular weight is 715 g/mol. The largest absolute Gasteiger partial charge is 0.366 e. The van der Waals surface area contributed by atoms with Gasteiger partial charge in [0.25, 0.3) is 5.69 Å². The highest BCUT2D eigenvalue weighted by atomic mass is 79.9. The van der Waals surface area contributed by atoms with E-state index in [2.05, 4.69) is 63.9 Å². The number of para-hydroxylation sites is 1. The minimum absolute atomic E-state index is 0.0178. The molecular formula is C29H31Br2FN2O6S. The molecule has 8 nitrogen and oxygen atoms in total. The number of ether oxygens (including phenoxy) is 2. The van der Waals surface area contributed by atoms with Crippen molar-refractivity contribution in [2.24, 2.45) is 0 Å². The van der Waals surface area contributed by atoms with E-state index in [1.165, 1.54) is 39.7 Å². The molecule has 0 atom stereocenters. The van der Waals surface area contributed by atoms with Gasteiger partial charge in [-0.3, -0.25) is 14.5 Å². The van der Waals surface area contributed by atoms with E-state index < -0.39 is 33.4 Å². The number of hydrogen-bond donors (Lipinski definition) is 0. The van der Waals surface area contributed by atoms with E-state index >= 15 is 0 Å². The fourth-order valence-electron chi connectivity index (χ4n) is 5.59. The van der Waals surface area contributed by atoms with Crippen molar-refractivity contribution in [1.29, 1.82) is 0 Å². The number of nitro benzene ring substituents is 1. The first-order valence-electron chi connectivity index (χ1n) is 13.6. The molecule has 220 valence electrons. The summed E-state index contributed by atoms with van der Waals surface area (Å²) in [5, 5.41) is 11.1. The molecule has 3 aromatic carbocycles. The predicted octanol–water partition coefficient (Wildman–Crippen LogP) is 7.37. The number of rotatable bonds is 5. The molecule has 0 aromatic heterocycles. The Morgan fingerprint density at radius 3 is 2.10 bits per heavy atom. The van der Waals surface area contributed by atoms with Crippen LogP contribution in [0.4, 0.5) is 10.1 Å². The third-order valence-corrected chi connectivity index (χ3v) is 10.6. The Bertz CT molecular complexity index is 1570. The van der Waals surface area contributed by atoms with Gasteiger partial charge in [-0.25, -0.2) is 8.42 Å². The molecule has 3 aliphatic rings. The number of nitrogens with zero attached hydrogens (tertiary/aromatic N) is 2. The molecule has 3 aliphatic heterocycles. The highest BCUT2D eigenvalue weighted by molar-refractivity contribution is 9.10. The molecule has 0 aliphatic carbocycles. The number of nitro groups is 1. The summed E-state index contributed by atoms with van der Waals surface area (Å²) in [5.74, 6) is 0. The van der Waals surface area contributed by atoms with Crippen LogP contribution in [-0.4, -0.2) is 37.9 Å². The first-order chi connectivity index (χ1) is 20.0. The Balaban J connectivity index is 0.000000201. The number of halogens is 3. The van der Waals surface area contributed by atoms with Crippen LogP contribution < -0.4 is 0 Å². The Morgan fingerprint density at radius 2 is 1.51 bits per heavy atom. The summed E-state index contributed by atoms with van der Waals surface area (Å²) >= 11 is 6.90.